The number of carbonyl (C=O) groups excluding carboxylic acids is 2. The maximum atomic E-state index is 12.9. The number of carbonyl (C=O) groups is 3. The molecule has 0 radical (unpaired) electrons. The van der Waals surface area contributed by atoms with Crippen molar-refractivity contribution in [2.75, 3.05) is 7.05 Å². The molecule has 0 aromatic heterocycles. The Bertz CT molecular complexity index is 441. The third-order valence-corrected chi connectivity index (χ3v) is 4.53. The molecule has 0 spiro atoms. The van der Waals surface area contributed by atoms with Gasteiger partial charge in [0.1, 0.15) is 12.1 Å². The van der Waals surface area contributed by atoms with Crippen LogP contribution in [0.2, 0.25) is 0 Å². The largest absolute Gasteiger partial charge is 0.480 e. The number of rotatable bonds is 8. The van der Waals surface area contributed by atoms with E-state index in [4.69, 9.17) is 0 Å². The number of carboxylic acid groups (broad SMARTS) is 1. The molecule has 7 nitrogen and oxygen atoms in total. The lowest BCUT2D eigenvalue weighted by molar-refractivity contribution is -0.151. The van der Waals surface area contributed by atoms with E-state index < -0.39 is 24.1 Å². The second kappa shape index (κ2) is 8.86. The Kier molecular flexibility index (Phi) is 7.48. The summed E-state index contributed by atoms with van der Waals surface area (Å²) in [4.78, 5) is 37.9. The normalized spacial score (nSPS) is 23.4. The molecule has 3 N–H and O–H groups in total. The lowest BCUT2D eigenvalue weighted by Crippen LogP contribution is -2.56. The SMILES string of the molecule is CCC[C@H](NC(=O)[C@H](C)NC)C(=O)N1[C@@H](CC)CC[C@H]1C(=O)O. The van der Waals surface area contributed by atoms with Crippen molar-refractivity contribution < 1.29 is 19.5 Å². The zero-order chi connectivity index (χ0) is 17.6. The third-order valence-electron chi connectivity index (χ3n) is 4.53. The number of hydrogen-bond donors (Lipinski definition) is 3. The van der Waals surface area contributed by atoms with Crippen LogP contribution >= 0.6 is 0 Å². The van der Waals surface area contributed by atoms with Crippen LogP contribution in [0.4, 0.5) is 0 Å². The monoisotopic (exact) mass is 327 g/mol. The van der Waals surface area contributed by atoms with Crippen molar-refractivity contribution in [3.05, 3.63) is 0 Å². The van der Waals surface area contributed by atoms with Crippen molar-refractivity contribution in [3.63, 3.8) is 0 Å². The summed E-state index contributed by atoms with van der Waals surface area (Å²) in [6.07, 6.45) is 3.11. The van der Waals surface area contributed by atoms with E-state index in [1.807, 2.05) is 13.8 Å². The van der Waals surface area contributed by atoms with Gasteiger partial charge < -0.3 is 20.6 Å². The fourth-order valence-corrected chi connectivity index (χ4v) is 3.01. The van der Waals surface area contributed by atoms with Crippen LogP contribution in [0, 0.1) is 0 Å². The molecule has 2 amide bonds. The molecule has 132 valence electrons. The number of nitrogens with one attached hydrogen (secondary N) is 2. The van der Waals surface area contributed by atoms with Gasteiger partial charge in [0.25, 0.3) is 0 Å². The van der Waals surface area contributed by atoms with Crippen LogP contribution in [0.15, 0.2) is 0 Å². The highest BCUT2D eigenvalue weighted by atomic mass is 16.4. The molecule has 1 saturated heterocycles. The van der Waals surface area contributed by atoms with Gasteiger partial charge in [0, 0.05) is 6.04 Å². The van der Waals surface area contributed by atoms with Crippen molar-refractivity contribution in [1.82, 2.24) is 15.5 Å². The number of likely N-dealkylation sites (N-methyl/N-ethyl adjacent to an activating group) is 1. The van der Waals surface area contributed by atoms with Crippen LogP contribution in [0.25, 0.3) is 0 Å². The van der Waals surface area contributed by atoms with E-state index in [9.17, 15) is 19.5 Å². The minimum absolute atomic E-state index is 0.0680. The summed E-state index contributed by atoms with van der Waals surface area (Å²) in [6.45, 7) is 5.60. The number of nitrogens with zero attached hydrogens (tertiary/aromatic N) is 1. The molecule has 0 aromatic rings. The van der Waals surface area contributed by atoms with Gasteiger partial charge in [-0.2, -0.15) is 0 Å². The lowest BCUT2D eigenvalue weighted by Gasteiger charge is -2.32. The van der Waals surface area contributed by atoms with Crippen molar-refractivity contribution in [2.45, 2.75) is 77.0 Å². The van der Waals surface area contributed by atoms with E-state index in [1.165, 1.54) is 4.90 Å². The highest BCUT2D eigenvalue weighted by Crippen LogP contribution is 2.27. The molecule has 0 saturated carbocycles. The molecular weight excluding hydrogens is 298 g/mol. The van der Waals surface area contributed by atoms with Gasteiger partial charge in [-0.3, -0.25) is 9.59 Å². The Morgan fingerprint density at radius 3 is 2.39 bits per heavy atom. The molecule has 1 heterocycles. The minimum Gasteiger partial charge on any atom is -0.480 e. The van der Waals surface area contributed by atoms with E-state index in [0.717, 1.165) is 12.8 Å². The van der Waals surface area contributed by atoms with Gasteiger partial charge in [-0.15, -0.1) is 0 Å². The first kappa shape index (κ1) is 19.4. The number of amides is 2. The average molecular weight is 327 g/mol. The first-order valence-corrected chi connectivity index (χ1v) is 8.39. The summed E-state index contributed by atoms with van der Waals surface area (Å²) in [7, 11) is 1.68. The molecule has 1 aliphatic heterocycles. The molecule has 4 atom stereocenters. The molecule has 0 bridgehead atoms. The van der Waals surface area contributed by atoms with Gasteiger partial charge in [0.2, 0.25) is 11.8 Å². The molecule has 1 aliphatic rings. The van der Waals surface area contributed by atoms with Crippen LogP contribution in [-0.4, -0.2) is 59.0 Å². The Morgan fingerprint density at radius 1 is 1.26 bits per heavy atom. The Hall–Kier alpha value is -1.63. The van der Waals surface area contributed by atoms with Gasteiger partial charge >= 0.3 is 5.97 Å². The highest BCUT2D eigenvalue weighted by molar-refractivity contribution is 5.92. The van der Waals surface area contributed by atoms with Gasteiger partial charge in [-0.1, -0.05) is 20.3 Å². The van der Waals surface area contributed by atoms with Crippen LogP contribution in [0.1, 0.15) is 52.9 Å². The summed E-state index contributed by atoms with van der Waals surface area (Å²) in [5, 5.41) is 15.0. The zero-order valence-electron chi connectivity index (χ0n) is 14.5. The number of hydrogen-bond acceptors (Lipinski definition) is 4. The van der Waals surface area contributed by atoms with Crippen LogP contribution < -0.4 is 10.6 Å². The third kappa shape index (κ3) is 4.67. The molecule has 0 aromatic carbocycles. The Balaban J connectivity index is 2.93. The van der Waals surface area contributed by atoms with Crippen molar-refractivity contribution in [3.8, 4) is 0 Å². The lowest BCUT2D eigenvalue weighted by atomic mass is 10.1. The smallest absolute Gasteiger partial charge is 0.326 e. The number of likely N-dealkylation sites (tertiary alicyclic amines) is 1. The van der Waals surface area contributed by atoms with Crippen molar-refractivity contribution >= 4 is 17.8 Å². The Morgan fingerprint density at radius 2 is 1.91 bits per heavy atom. The highest BCUT2D eigenvalue weighted by Gasteiger charge is 2.42. The molecule has 23 heavy (non-hydrogen) atoms. The molecule has 1 rings (SSSR count). The summed E-state index contributed by atoms with van der Waals surface area (Å²) >= 11 is 0. The summed E-state index contributed by atoms with van der Waals surface area (Å²) in [5.74, 6) is -1.50. The maximum Gasteiger partial charge on any atom is 0.326 e. The fraction of sp³-hybridized carbons (Fsp3) is 0.812. The summed E-state index contributed by atoms with van der Waals surface area (Å²) in [6, 6.07) is -1.93. The van der Waals surface area contributed by atoms with Crippen LogP contribution in [-0.2, 0) is 14.4 Å². The van der Waals surface area contributed by atoms with Gasteiger partial charge in [-0.05, 0) is 39.7 Å². The van der Waals surface area contributed by atoms with E-state index in [-0.39, 0.29) is 17.9 Å². The molecule has 1 fully saturated rings. The van der Waals surface area contributed by atoms with E-state index in [0.29, 0.717) is 19.3 Å². The second-order valence-corrected chi connectivity index (χ2v) is 6.10. The molecule has 7 heteroatoms. The molecule has 0 unspecified atom stereocenters. The molecular formula is C16H29N3O4. The summed E-state index contributed by atoms with van der Waals surface area (Å²) in [5.41, 5.74) is 0. The first-order valence-electron chi connectivity index (χ1n) is 8.39. The molecule has 0 aliphatic carbocycles. The van der Waals surface area contributed by atoms with Crippen molar-refractivity contribution in [2.24, 2.45) is 0 Å². The van der Waals surface area contributed by atoms with Gasteiger partial charge in [0.05, 0.1) is 6.04 Å². The van der Waals surface area contributed by atoms with Crippen LogP contribution in [0.5, 0.6) is 0 Å². The minimum atomic E-state index is -0.973. The predicted octanol–water partition coefficient (Wildman–Crippen LogP) is 0.733. The first-order chi connectivity index (χ1) is 10.9. The second-order valence-electron chi connectivity index (χ2n) is 6.10. The Labute approximate surface area is 137 Å². The quantitative estimate of drug-likeness (QED) is 0.610. The standard InChI is InChI=1S/C16H29N3O4/c1-5-7-12(18-14(20)10(3)17-4)15(21)19-11(6-2)8-9-13(19)16(22)23/h10-13,17H,5-9H2,1-4H3,(H,18,20)(H,22,23)/t10-,11-,12-,13-/m0/s1. The van der Waals surface area contributed by atoms with E-state index >= 15 is 0 Å². The van der Waals surface area contributed by atoms with Crippen LogP contribution in [0.3, 0.4) is 0 Å². The topological polar surface area (TPSA) is 98.7 Å². The number of aliphatic carboxylic acids is 1. The zero-order valence-corrected chi connectivity index (χ0v) is 14.5. The van der Waals surface area contributed by atoms with Gasteiger partial charge in [-0.25, -0.2) is 4.79 Å². The number of carboxylic acids is 1. The summed E-state index contributed by atoms with van der Waals surface area (Å²) < 4.78 is 0. The fourth-order valence-electron chi connectivity index (χ4n) is 3.01. The average Bonchev–Trinajstić information content (AvgIpc) is 2.96. The van der Waals surface area contributed by atoms with Gasteiger partial charge in [0.15, 0.2) is 0 Å². The van der Waals surface area contributed by atoms with E-state index in [1.54, 1.807) is 14.0 Å². The predicted molar refractivity (Wildman–Crippen MR) is 86.9 cm³/mol. The van der Waals surface area contributed by atoms with Crippen molar-refractivity contribution in [1.29, 1.82) is 0 Å². The maximum absolute atomic E-state index is 12.9. The van der Waals surface area contributed by atoms with E-state index in [2.05, 4.69) is 10.6 Å².